The van der Waals surface area contributed by atoms with Crippen LogP contribution < -0.4 is 15.6 Å². The summed E-state index contributed by atoms with van der Waals surface area (Å²) in [6.45, 7) is 1.48. The van der Waals surface area contributed by atoms with Crippen LogP contribution in [0.1, 0.15) is 15.4 Å². The van der Waals surface area contributed by atoms with Crippen LogP contribution in [-0.2, 0) is 4.79 Å². The molecule has 0 radical (unpaired) electrons. The van der Waals surface area contributed by atoms with Gasteiger partial charge in [0.2, 0.25) is 0 Å². The van der Waals surface area contributed by atoms with Crippen molar-refractivity contribution in [1.82, 2.24) is 15.8 Å². The Morgan fingerprint density at radius 2 is 2.04 bits per heavy atom. The number of hydrazine groups is 1. The summed E-state index contributed by atoms with van der Waals surface area (Å²) < 4.78 is 5.31. The molecule has 0 saturated heterocycles. The van der Waals surface area contributed by atoms with Crippen LogP contribution in [0, 0.1) is 6.92 Å². The Bertz CT molecular complexity index is 925. The Morgan fingerprint density at radius 1 is 1.23 bits per heavy atom. The van der Waals surface area contributed by atoms with Crippen LogP contribution >= 0.6 is 34.3 Å². The van der Waals surface area contributed by atoms with Gasteiger partial charge >= 0.3 is 0 Å². The molecule has 3 aromatic rings. The molecule has 1 aromatic carbocycles. The second-order valence-electron chi connectivity index (χ2n) is 5.17. The van der Waals surface area contributed by atoms with Gasteiger partial charge in [0.05, 0.1) is 10.7 Å². The summed E-state index contributed by atoms with van der Waals surface area (Å²) in [7, 11) is 0. The minimum atomic E-state index is -0.501. The number of aryl methyl sites for hydroxylation is 1. The highest BCUT2D eigenvalue weighted by atomic mass is 35.5. The third-order valence-corrected chi connectivity index (χ3v) is 5.48. The molecule has 0 spiro atoms. The average molecular weight is 408 g/mol. The fourth-order valence-electron chi connectivity index (χ4n) is 2.04. The predicted octanol–water partition coefficient (Wildman–Crippen LogP) is 3.67. The summed E-state index contributed by atoms with van der Waals surface area (Å²) in [6.07, 6.45) is 0. The second kappa shape index (κ2) is 8.31. The van der Waals surface area contributed by atoms with Gasteiger partial charge in [-0.15, -0.1) is 11.3 Å². The highest BCUT2D eigenvalue weighted by Crippen LogP contribution is 2.29. The summed E-state index contributed by atoms with van der Waals surface area (Å²) in [5.74, 6) is -0.527. The van der Waals surface area contributed by atoms with E-state index in [0.717, 1.165) is 10.6 Å². The number of rotatable bonds is 5. The molecule has 3 rings (SSSR count). The number of thiophene rings is 1. The number of benzene rings is 1. The number of hydrogen-bond acceptors (Lipinski definition) is 6. The van der Waals surface area contributed by atoms with Crippen LogP contribution in [0.2, 0.25) is 5.02 Å². The Hall–Kier alpha value is -2.42. The van der Waals surface area contributed by atoms with Gasteiger partial charge in [0, 0.05) is 10.9 Å². The molecule has 0 fully saturated rings. The van der Waals surface area contributed by atoms with Crippen LogP contribution in [-0.4, -0.2) is 23.4 Å². The number of para-hydroxylation sites is 1. The number of carbonyl (C=O) groups is 2. The maximum absolute atomic E-state index is 12.3. The summed E-state index contributed by atoms with van der Waals surface area (Å²) >= 11 is 8.78. The zero-order chi connectivity index (χ0) is 18.5. The third-order valence-electron chi connectivity index (χ3n) is 3.28. The van der Waals surface area contributed by atoms with Crippen molar-refractivity contribution < 1.29 is 14.3 Å². The van der Waals surface area contributed by atoms with Crippen molar-refractivity contribution in [2.24, 2.45) is 0 Å². The maximum Gasteiger partial charge on any atom is 0.281 e. The van der Waals surface area contributed by atoms with Crippen molar-refractivity contribution in [3.63, 3.8) is 0 Å². The average Bonchev–Trinajstić information content (AvgIpc) is 3.28. The quantitative estimate of drug-likeness (QED) is 0.632. The molecule has 6 nitrogen and oxygen atoms in total. The van der Waals surface area contributed by atoms with E-state index < -0.39 is 11.8 Å². The van der Waals surface area contributed by atoms with E-state index in [2.05, 4.69) is 15.8 Å². The molecular weight excluding hydrogens is 394 g/mol. The number of amides is 2. The molecule has 0 aliphatic rings. The molecule has 0 aliphatic heterocycles. The highest BCUT2D eigenvalue weighted by molar-refractivity contribution is 7.17. The number of thiazole rings is 1. The largest absolute Gasteiger partial charge is 0.482 e. The van der Waals surface area contributed by atoms with Gasteiger partial charge in [-0.2, -0.15) is 11.3 Å². The van der Waals surface area contributed by atoms with Crippen LogP contribution in [0.5, 0.6) is 5.75 Å². The minimum Gasteiger partial charge on any atom is -0.482 e. The first-order valence-corrected chi connectivity index (χ1v) is 9.65. The fourth-order valence-corrected chi connectivity index (χ4v) is 3.90. The normalized spacial score (nSPS) is 10.4. The lowest BCUT2D eigenvalue weighted by Crippen LogP contribution is -2.43. The van der Waals surface area contributed by atoms with Gasteiger partial charge in [0.1, 0.15) is 15.6 Å². The summed E-state index contributed by atoms with van der Waals surface area (Å²) in [5.41, 5.74) is 6.27. The Morgan fingerprint density at radius 3 is 2.77 bits per heavy atom. The van der Waals surface area contributed by atoms with Gasteiger partial charge in [-0.25, -0.2) is 4.98 Å². The zero-order valence-corrected chi connectivity index (χ0v) is 16.0. The molecule has 2 heterocycles. The van der Waals surface area contributed by atoms with E-state index in [0.29, 0.717) is 21.3 Å². The van der Waals surface area contributed by atoms with E-state index in [9.17, 15) is 9.59 Å². The molecule has 26 heavy (non-hydrogen) atoms. The first kappa shape index (κ1) is 18.4. The number of carbonyl (C=O) groups excluding carboxylic acids is 2. The monoisotopic (exact) mass is 407 g/mol. The van der Waals surface area contributed by atoms with Crippen LogP contribution in [0.15, 0.2) is 41.1 Å². The van der Waals surface area contributed by atoms with Crippen LogP contribution in [0.25, 0.3) is 10.6 Å². The number of nitrogens with zero attached hydrogens (tertiary/aromatic N) is 1. The van der Waals surface area contributed by atoms with Gasteiger partial charge in [0.15, 0.2) is 6.61 Å². The fraction of sp³-hybridized carbons (Fsp3) is 0.118. The number of aromatic nitrogens is 1. The van der Waals surface area contributed by atoms with E-state index in [-0.39, 0.29) is 6.61 Å². The van der Waals surface area contributed by atoms with Gasteiger partial charge in [-0.05, 0) is 30.5 Å². The summed E-state index contributed by atoms with van der Waals surface area (Å²) in [5, 5.41) is 5.09. The Labute approximate surface area is 162 Å². The molecule has 0 atom stereocenters. The van der Waals surface area contributed by atoms with Crippen molar-refractivity contribution in [2.45, 2.75) is 6.92 Å². The van der Waals surface area contributed by atoms with Crippen molar-refractivity contribution in [2.75, 3.05) is 6.61 Å². The van der Waals surface area contributed by atoms with Crippen LogP contribution in [0.3, 0.4) is 0 Å². The number of hydrogen-bond donors (Lipinski definition) is 2. The van der Waals surface area contributed by atoms with E-state index in [1.165, 1.54) is 11.3 Å². The van der Waals surface area contributed by atoms with Gasteiger partial charge < -0.3 is 4.74 Å². The maximum atomic E-state index is 12.3. The smallest absolute Gasteiger partial charge is 0.281 e. The minimum absolute atomic E-state index is 0.272. The molecule has 0 unspecified atom stereocenters. The van der Waals surface area contributed by atoms with Crippen molar-refractivity contribution in [3.05, 3.63) is 56.7 Å². The number of halogens is 1. The molecule has 0 saturated carbocycles. The van der Waals surface area contributed by atoms with Crippen molar-refractivity contribution in [1.29, 1.82) is 0 Å². The highest BCUT2D eigenvalue weighted by Gasteiger charge is 2.17. The molecule has 2 amide bonds. The van der Waals surface area contributed by atoms with E-state index in [1.54, 1.807) is 42.5 Å². The Kier molecular flexibility index (Phi) is 5.87. The number of ether oxygens (including phenoxy) is 1. The lowest BCUT2D eigenvalue weighted by atomic mass is 10.3. The van der Waals surface area contributed by atoms with Crippen molar-refractivity contribution >= 4 is 46.1 Å². The lowest BCUT2D eigenvalue weighted by molar-refractivity contribution is -0.123. The second-order valence-corrected chi connectivity index (χ2v) is 7.35. The van der Waals surface area contributed by atoms with E-state index >= 15 is 0 Å². The number of nitrogens with one attached hydrogen (secondary N) is 2. The molecule has 2 aromatic heterocycles. The van der Waals surface area contributed by atoms with Gasteiger partial charge in [-0.3, -0.25) is 20.4 Å². The van der Waals surface area contributed by atoms with Gasteiger partial charge in [0.25, 0.3) is 11.8 Å². The molecular formula is C17H14ClN3O3S2. The lowest BCUT2D eigenvalue weighted by Gasteiger charge is -2.09. The van der Waals surface area contributed by atoms with Gasteiger partial charge in [-0.1, -0.05) is 23.7 Å². The first-order chi connectivity index (χ1) is 12.5. The van der Waals surface area contributed by atoms with Crippen LogP contribution in [0.4, 0.5) is 0 Å². The third kappa shape index (κ3) is 4.40. The summed E-state index contributed by atoms with van der Waals surface area (Å²) in [4.78, 5) is 28.9. The SMILES string of the molecule is Cc1nc(-c2ccsc2)sc1C(=O)NNC(=O)COc1ccccc1Cl. The topological polar surface area (TPSA) is 80.3 Å². The Balaban J connectivity index is 1.54. The summed E-state index contributed by atoms with van der Waals surface area (Å²) in [6, 6.07) is 8.77. The van der Waals surface area contributed by atoms with Crippen molar-refractivity contribution in [3.8, 4) is 16.3 Å². The predicted molar refractivity (Wildman–Crippen MR) is 103 cm³/mol. The molecule has 2 N–H and O–H groups in total. The standard InChI is InChI=1S/C17H14ClN3O3S2/c1-10-15(26-17(19-10)11-6-7-25-9-11)16(23)21-20-14(22)8-24-13-5-3-2-4-12(13)18/h2-7,9H,8H2,1H3,(H,20,22)(H,21,23). The van der Waals surface area contributed by atoms with E-state index in [1.807, 2.05) is 16.8 Å². The zero-order valence-electron chi connectivity index (χ0n) is 13.6. The molecule has 9 heteroatoms. The first-order valence-electron chi connectivity index (χ1n) is 7.51. The molecule has 0 bridgehead atoms. The molecule has 134 valence electrons. The van der Waals surface area contributed by atoms with E-state index in [4.69, 9.17) is 16.3 Å². The molecule has 0 aliphatic carbocycles.